The van der Waals surface area contributed by atoms with E-state index in [-0.39, 0.29) is 23.8 Å². The average Bonchev–Trinajstić information content (AvgIpc) is 2.27. The second-order valence-corrected chi connectivity index (χ2v) is 4.53. The first-order chi connectivity index (χ1) is 7.47. The van der Waals surface area contributed by atoms with Crippen molar-refractivity contribution in [3.63, 3.8) is 0 Å². The Kier molecular flexibility index (Phi) is 4.29. The first-order valence-electron chi connectivity index (χ1n) is 5.82. The van der Waals surface area contributed by atoms with E-state index in [0.29, 0.717) is 13.0 Å². The van der Waals surface area contributed by atoms with Gasteiger partial charge in [0, 0.05) is 12.6 Å². The van der Waals surface area contributed by atoms with Crippen molar-refractivity contribution in [3.8, 4) is 0 Å². The maximum Gasteiger partial charge on any atom is 0.239 e. The highest BCUT2D eigenvalue weighted by molar-refractivity contribution is 5.83. The highest BCUT2D eigenvalue weighted by Gasteiger charge is 2.33. The van der Waals surface area contributed by atoms with Gasteiger partial charge in [0.1, 0.15) is 0 Å². The number of carbonyl (C=O) groups excluding carboxylic acids is 2. The molecule has 1 aliphatic rings. The molecule has 4 N–H and O–H groups in total. The number of nitrogens with zero attached hydrogens (tertiary/aromatic N) is 1. The molecule has 1 fully saturated rings. The molecule has 0 aromatic carbocycles. The van der Waals surface area contributed by atoms with Gasteiger partial charge < -0.3 is 16.4 Å². The van der Waals surface area contributed by atoms with E-state index in [1.165, 1.54) is 0 Å². The van der Waals surface area contributed by atoms with Crippen molar-refractivity contribution in [2.75, 3.05) is 6.54 Å². The van der Waals surface area contributed by atoms with Gasteiger partial charge in [-0.3, -0.25) is 9.59 Å². The zero-order chi connectivity index (χ0) is 12.3. The van der Waals surface area contributed by atoms with E-state index < -0.39 is 6.04 Å². The van der Waals surface area contributed by atoms with Gasteiger partial charge in [-0.2, -0.15) is 0 Å². The number of hydrogen-bond acceptors (Lipinski definition) is 3. The molecule has 2 amide bonds. The molecule has 0 aliphatic carbocycles. The fourth-order valence-corrected chi connectivity index (χ4v) is 2.03. The van der Waals surface area contributed by atoms with Gasteiger partial charge in [0.15, 0.2) is 0 Å². The summed E-state index contributed by atoms with van der Waals surface area (Å²) in [6.07, 6.45) is 2.20. The number of nitrogens with two attached hydrogens (primary N) is 2. The first kappa shape index (κ1) is 13.0. The van der Waals surface area contributed by atoms with Gasteiger partial charge in [-0.25, -0.2) is 0 Å². The molecular weight excluding hydrogens is 206 g/mol. The van der Waals surface area contributed by atoms with E-state index in [1.807, 2.05) is 13.8 Å². The van der Waals surface area contributed by atoms with Crippen molar-refractivity contribution >= 4 is 11.8 Å². The van der Waals surface area contributed by atoms with Crippen LogP contribution in [0, 0.1) is 5.92 Å². The molecule has 92 valence electrons. The summed E-state index contributed by atoms with van der Waals surface area (Å²) in [7, 11) is 0. The van der Waals surface area contributed by atoms with Crippen LogP contribution < -0.4 is 11.5 Å². The van der Waals surface area contributed by atoms with E-state index >= 15 is 0 Å². The van der Waals surface area contributed by atoms with Crippen LogP contribution >= 0.6 is 0 Å². The van der Waals surface area contributed by atoms with Crippen LogP contribution in [0.3, 0.4) is 0 Å². The number of likely N-dealkylation sites (tertiary alicyclic amines) is 1. The highest BCUT2D eigenvalue weighted by Crippen LogP contribution is 2.22. The number of primary amides is 1. The normalized spacial score (nSPS) is 27.6. The zero-order valence-corrected chi connectivity index (χ0v) is 9.98. The maximum atomic E-state index is 12.0. The van der Waals surface area contributed by atoms with Gasteiger partial charge in [-0.05, 0) is 26.2 Å². The second-order valence-electron chi connectivity index (χ2n) is 4.53. The second kappa shape index (κ2) is 5.30. The molecule has 3 unspecified atom stereocenters. The Hall–Kier alpha value is -1.10. The predicted molar refractivity (Wildman–Crippen MR) is 61.4 cm³/mol. The lowest BCUT2D eigenvalue weighted by molar-refractivity contribution is -0.138. The summed E-state index contributed by atoms with van der Waals surface area (Å²) in [5.74, 6) is -0.611. The van der Waals surface area contributed by atoms with Crippen LogP contribution in [-0.4, -0.2) is 35.3 Å². The standard InChI is InChI=1S/C11H21N3O2/c1-3-9(12)11(16)14-6-8(10(13)15)5-4-7(14)2/h7-9H,3-6,12H2,1-2H3,(H2,13,15). The van der Waals surface area contributed by atoms with Crippen molar-refractivity contribution in [2.24, 2.45) is 17.4 Å². The number of carbonyl (C=O) groups is 2. The lowest BCUT2D eigenvalue weighted by Crippen LogP contribution is -2.53. The lowest BCUT2D eigenvalue weighted by Gasteiger charge is -2.38. The fraction of sp³-hybridized carbons (Fsp3) is 0.818. The summed E-state index contributed by atoms with van der Waals surface area (Å²) in [6.45, 7) is 4.28. The van der Waals surface area contributed by atoms with E-state index in [0.717, 1.165) is 12.8 Å². The number of piperidine rings is 1. The minimum absolute atomic E-state index is 0.0686. The van der Waals surface area contributed by atoms with Crippen molar-refractivity contribution < 1.29 is 9.59 Å². The molecule has 5 nitrogen and oxygen atoms in total. The predicted octanol–water partition coefficient (Wildman–Crippen LogP) is -0.164. The molecule has 0 radical (unpaired) electrons. The Bertz CT molecular complexity index is 280. The van der Waals surface area contributed by atoms with E-state index in [9.17, 15) is 9.59 Å². The molecule has 0 aromatic heterocycles. The summed E-state index contributed by atoms with van der Waals surface area (Å²) < 4.78 is 0. The zero-order valence-electron chi connectivity index (χ0n) is 9.98. The highest BCUT2D eigenvalue weighted by atomic mass is 16.2. The van der Waals surface area contributed by atoms with Gasteiger partial charge in [-0.15, -0.1) is 0 Å². The summed E-state index contributed by atoms with van der Waals surface area (Å²) >= 11 is 0. The monoisotopic (exact) mass is 227 g/mol. The van der Waals surface area contributed by atoms with Gasteiger partial charge in [0.25, 0.3) is 0 Å². The Morgan fingerprint density at radius 3 is 2.56 bits per heavy atom. The molecular formula is C11H21N3O2. The topological polar surface area (TPSA) is 89.4 Å². The SMILES string of the molecule is CCC(N)C(=O)N1CC(C(N)=O)CCC1C. The molecule has 0 saturated carbocycles. The summed E-state index contributed by atoms with van der Waals surface area (Å²) in [5.41, 5.74) is 11.0. The van der Waals surface area contributed by atoms with Crippen LogP contribution in [0.4, 0.5) is 0 Å². The Morgan fingerprint density at radius 1 is 1.44 bits per heavy atom. The van der Waals surface area contributed by atoms with Gasteiger partial charge in [0.05, 0.1) is 12.0 Å². The van der Waals surface area contributed by atoms with Crippen LogP contribution in [-0.2, 0) is 9.59 Å². The van der Waals surface area contributed by atoms with E-state index in [2.05, 4.69) is 0 Å². The molecule has 1 rings (SSSR count). The van der Waals surface area contributed by atoms with Crippen LogP contribution in [0.5, 0.6) is 0 Å². The molecule has 16 heavy (non-hydrogen) atoms. The molecule has 1 heterocycles. The molecule has 3 atom stereocenters. The molecule has 0 spiro atoms. The molecule has 1 saturated heterocycles. The van der Waals surface area contributed by atoms with Gasteiger partial charge >= 0.3 is 0 Å². The van der Waals surface area contributed by atoms with Crippen molar-refractivity contribution in [3.05, 3.63) is 0 Å². The fourth-order valence-electron chi connectivity index (χ4n) is 2.03. The Balaban J connectivity index is 2.69. The minimum atomic E-state index is -0.464. The number of rotatable bonds is 3. The van der Waals surface area contributed by atoms with Crippen molar-refractivity contribution in [1.82, 2.24) is 4.90 Å². The largest absolute Gasteiger partial charge is 0.369 e. The average molecular weight is 227 g/mol. The van der Waals surface area contributed by atoms with Gasteiger partial charge in [-0.1, -0.05) is 6.92 Å². The third-order valence-electron chi connectivity index (χ3n) is 3.32. The smallest absolute Gasteiger partial charge is 0.239 e. The molecule has 5 heteroatoms. The summed E-state index contributed by atoms with van der Waals surface area (Å²) in [4.78, 5) is 24.8. The Morgan fingerprint density at radius 2 is 2.06 bits per heavy atom. The lowest BCUT2D eigenvalue weighted by atomic mass is 9.92. The van der Waals surface area contributed by atoms with Crippen molar-refractivity contribution in [1.29, 1.82) is 0 Å². The third kappa shape index (κ3) is 2.72. The Labute approximate surface area is 96.1 Å². The minimum Gasteiger partial charge on any atom is -0.369 e. The number of amides is 2. The maximum absolute atomic E-state index is 12.0. The third-order valence-corrected chi connectivity index (χ3v) is 3.32. The van der Waals surface area contributed by atoms with E-state index in [1.54, 1.807) is 4.90 Å². The van der Waals surface area contributed by atoms with Crippen LogP contribution in [0.1, 0.15) is 33.1 Å². The molecule has 1 aliphatic heterocycles. The van der Waals surface area contributed by atoms with Gasteiger partial charge in [0.2, 0.25) is 11.8 Å². The first-order valence-corrected chi connectivity index (χ1v) is 5.82. The summed E-state index contributed by atoms with van der Waals surface area (Å²) in [5, 5.41) is 0. The van der Waals surface area contributed by atoms with Crippen LogP contribution in [0.2, 0.25) is 0 Å². The quantitative estimate of drug-likeness (QED) is 0.701. The van der Waals surface area contributed by atoms with Crippen LogP contribution in [0.15, 0.2) is 0 Å². The van der Waals surface area contributed by atoms with Crippen LogP contribution in [0.25, 0.3) is 0 Å². The van der Waals surface area contributed by atoms with Crippen molar-refractivity contribution in [2.45, 2.75) is 45.2 Å². The molecule has 0 bridgehead atoms. The summed E-state index contributed by atoms with van der Waals surface area (Å²) in [6, 6.07) is -0.310. The number of hydrogen-bond donors (Lipinski definition) is 2. The van der Waals surface area contributed by atoms with E-state index in [4.69, 9.17) is 11.5 Å². The molecule has 0 aromatic rings.